The number of nitrogens with one attached hydrogen (secondary N) is 1. The molecule has 118 valence electrons. The van der Waals surface area contributed by atoms with Gasteiger partial charge in [0.15, 0.2) is 12.7 Å². The maximum absolute atomic E-state index is 12.7. The Kier molecular flexibility index (Phi) is 4.92. The number of benzene rings is 1. The Labute approximate surface area is 126 Å². The van der Waals surface area contributed by atoms with Crippen LogP contribution in [0.1, 0.15) is 6.92 Å². The van der Waals surface area contributed by atoms with Gasteiger partial charge in [-0.3, -0.25) is 9.69 Å². The molecule has 1 atom stereocenters. The number of hydrogen-bond donors (Lipinski definition) is 1. The molecule has 0 bridgehead atoms. The maximum Gasteiger partial charge on any atom is 0.347 e. The van der Waals surface area contributed by atoms with E-state index in [-0.39, 0.29) is 6.54 Å². The molecular formula is C14H15FN2O5. The molecule has 1 aromatic carbocycles. The van der Waals surface area contributed by atoms with Crippen LogP contribution in [0.4, 0.5) is 9.18 Å². The molecule has 1 N–H and O–H groups in total. The SMILES string of the molecule is C[C@@H](Oc1ccc(F)cc1)C(=O)OCC(=O)N1CCNC1=O. The van der Waals surface area contributed by atoms with E-state index in [4.69, 9.17) is 9.47 Å². The summed E-state index contributed by atoms with van der Waals surface area (Å²) in [7, 11) is 0. The van der Waals surface area contributed by atoms with Crippen molar-refractivity contribution < 1.29 is 28.2 Å². The predicted molar refractivity (Wildman–Crippen MR) is 72.6 cm³/mol. The number of imide groups is 1. The van der Waals surface area contributed by atoms with Crippen molar-refractivity contribution in [3.8, 4) is 5.75 Å². The second kappa shape index (κ2) is 6.88. The van der Waals surface area contributed by atoms with Crippen LogP contribution in [-0.4, -0.2) is 48.6 Å². The van der Waals surface area contributed by atoms with Gasteiger partial charge in [0, 0.05) is 13.1 Å². The Bertz CT molecular complexity index is 575. The Morgan fingerprint density at radius 2 is 2.05 bits per heavy atom. The number of carbonyl (C=O) groups excluding carboxylic acids is 3. The molecule has 7 nitrogen and oxygen atoms in total. The monoisotopic (exact) mass is 310 g/mol. The molecule has 0 aromatic heterocycles. The highest BCUT2D eigenvalue weighted by Crippen LogP contribution is 2.13. The molecule has 0 saturated carbocycles. The molecule has 1 heterocycles. The van der Waals surface area contributed by atoms with Crippen molar-refractivity contribution in [2.75, 3.05) is 19.7 Å². The summed E-state index contributed by atoms with van der Waals surface area (Å²) in [5.41, 5.74) is 0. The normalized spacial score (nSPS) is 15.2. The average Bonchev–Trinajstić information content (AvgIpc) is 2.93. The lowest BCUT2D eigenvalue weighted by Crippen LogP contribution is -2.38. The number of halogens is 1. The third kappa shape index (κ3) is 3.94. The van der Waals surface area contributed by atoms with Crippen molar-refractivity contribution in [1.82, 2.24) is 10.2 Å². The third-order valence-corrected chi connectivity index (χ3v) is 2.95. The first-order valence-electron chi connectivity index (χ1n) is 6.64. The first-order chi connectivity index (χ1) is 10.5. The summed E-state index contributed by atoms with van der Waals surface area (Å²) in [5.74, 6) is -1.47. The molecule has 1 fully saturated rings. The van der Waals surface area contributed by atoms with Crippen LogP contribution in [0.2, 0.25) is 0 Å². The van der Waals surface area contributed by atoms with Crippen LogP contribution < -0.4 is 10.1 Å². The zero-order valence-corrected chi connectivity index (χ0v) is 11.9. The molecule has 0 unspecified atom stereocenters. The van der Waals surface area contributed by atoms with Crippen LogP contribution in [0.3, 0.4) is 0 Å². The Morgan fingerprint density at radius 1 is 1.36 bits per heavy atom. The zero-order chi connectivity index (χ0) is 16.1. The number of hydrogen-bond acceptors (Lipinski definition) is 5. The lowest BCUT2D eigenvalue weighted by atomic mass is 10.3. The van der Waals surface area contributed by atoms with E-state index in [9.17, 15) is 18.8 Å². The topological polar surface area (TPSA) is 84.9 Å². The smallest absolute Gasteiger partial charge is 0.347 e. The maximum atomic E-state index is 12.7. The number of rotatable bonds is 5. The largest absolute Gasteiger partial charge is 0.479 e. The number of esters is 1. The summed E-state index contributed by atoms with van der Waals surface area (Å²) in [6.45, 7) is 1.53. The van der Waals surface area contributed by atoms with Crippen LogP contribution >= 0.6 is 0 Å². The first kappa shape index (κ1) is 15.7. The number of amides is 3. The van der Waals surface area contributed by atoms with E-state index in [0.717, 1.165) is 4.90 Å². The molecule has 0 radical (unpaired) electrons. The van der Waals surface area contributed by atoms with Crippen molar-refractivity contribution in [1.29, 1.82) is 0 Å². The van der Waals surface area contributed by atoms with Gasteiger partial charge in [0.1, 0.15) is 11.6 Å². The van der Waals surface area contributed by atoms with Crippen molar-refractivity contribution >= 4 is 17.9 Å². The van der Waals surface area contributed by atoms with Gasteiger partial charge in [0.25, 0.3) is 5.91 Å². The van der Waals surface area contributed by atoms with Crippen LogP contribution in [-0.2, 0) is 14.3 Å². The van der Waals surface area contributed by atoms with E-state index in [1.54, 1.807) is 0 Å². The second-order valence-electron chi connectivity index (χ2n) is 4.60. The van der Waals surface area contributed by atoms with Gasteiger partial charge >= 0.3 is 12.0 Å². The number of ether oxygens (including phenoxy) is 2. The minimum atomic E-state index is -0.967. The second-order valence-corrected chi connectivity index (χ2v) is 4.60. The van der Waals surface area contributed by atoms with Gasteiger partial charge in [-0.15, -0.1) is 0 Å². The van der Waals surface area contributed by atoms with Crippen LogP contribution in [0, 0.1) is 5.82 Å². The fourth-order valence-electron chi connectivity index (χ4n) is 1.80. The molecule has 22 heavy (non-hydrogen) atoms. The van der Waals surface area contributed by atoms with Gasteiger partial charge in [-0.2, -0.15) is 0 Å². The number of nitrogens with zero attached hydrogens (tertiary/aromatic N) is 1. The summed E-state index contributed by atoms with van der Waals surface area (Å²) in [5, 5.41) is 2.47. The highest BCUT2D eigenvalue weighted by Gasteiger charge is 2.27. The lowest BCUT2D eigenvalue weighted by molar-refractivity contribution is -0.156. The highest BCUT2D eigenvalue weighted by atomic mass is 19.1. The van der Waals surface area contributed by atoms with Crippen molar-refractivity contribution in [2.24, 2.45) is 0 Å². The van der Waals surface area contributed by atoms with Crippen LogP contribution in [0.15, 0.2) is 24.3 Å². The standard InChI is InChI=1S/C14H15FN2O5/c1-9(22-11-4-2-10(15)3-5-11)13(19)21-8-12(18)17-7-6-16-14(17)20/h2-5,9H,6-8H2,1H3,(H,16,20)/t9-/m1/s1. The lowest BCUT2D eigenvalue weighted by Gasteiger charge is -2.15. The quantitative estimate of drug-likeness (QED) is 0.809. The van der Waals surface area contributed by atoms with E-state index in [1.165, 1.54) is 31.2 Å². The van der Waals surface area contributed by atoms with E-state index in [1.807, 2.05) is 0 Å². The molecular weight excluding hydrogens is 295 g/mol. The van der Waals surface area contributed by atoms with Crippen LogP contribution in [0.5, 0.6) is 5.75 Å². The summed E-state index contributed by atoms with van der Waals surface area (Å²) >= 11 is 0. The highest BCUT2D eigenvalue weighted by molar-refractivity contribution is 5.97. The molecule has 3 amide bonds. The van der Waals surface area contributed by atoms with Crippen molar-refractivity contribution in [3.63, 3.8) is 0 Å². The van der Waals surface area contributed by atoms with E-state index in [2.05, 4.69) is 5.32 Å². The van der Waals surface area contributed by atoms with Crippen molar-refractivity contribution in [3.05, 3.63) is 30.1 Å². The Hall–Kier alpha value is -2.64. The number of urea groups is 1. The van der Waals surface area contributed by atoms with Crippen LogP contribution in [0.25, 0.3) is 0 Å². The molecule has 2 rings (SSSR count). The molecule has 1 aromatic rings. The van der Waals surface area contributed by atoms with E-state index >= 15 is 0 Å². The molecule has 8 heteroatoms. The molecule has 1 aliphatic heterocycles. The van der Waals surface area contributed by atoms with Gasteiger partial charge in [-0.25, -0.2) is 14.0 Å². The van der Waals surface area contributed by atoms with Gasteiger partial charge in [0.05, 0.1) is 0 Å². The summed E-state index contributed by atoms with van der Waals surface area (Å²) in [4.78, 5) is 35.6. The third-order valence-electron chi connectivity index (χ3n) is 2.95. The van der Waals surface area contributed by atoms with Gasteiger partial charge in [-0.05, 0) is 31.2 Å². The molecule has 0 aliphatic carbocycles. The Balaban J connectivity index is 1.80. The fraction of sp³-hybridized carbons (Fsp3) is 0.357. The number of carbonyl (C=O) groups is 3. The summed E-state index contributed by atoms with van der Waals surface area (Å²) < 4.78 is 22.8. The minimum Gasteiger partial charge on any atom is -0.479 e. The average molecular weight is 310 g/mol. The van der Waals surface area contributed by atoms with Crippen molar-refractivity contribution in [2.45, 2.75) is 13.0 Å². The molecule has 0 spiro atoms. The summed E-state index contributed by atoms with van der Waals surface area (Å²) in [6, 6.07) is 4.64. The predicted octanol–water partition coefficient (Wildman–Crippen LogP) is 0.688. The van der Waals surface area contributed by atoms with Gasteiger partial charge < -0.3 is 14.8 Å². The van der Waals surface area contributed by atoms with E-state index in [0.29, 0.717) is 12.3 Å². The molecule has 1 saturated heterocycles. The van der Waals surface area contributed by atoms with E-state index < -0.39 is 36.4 Å². The first-order valence-corrected chi connectivity index (χ1v) is 6.64. The molecule has 1 aliphatic rings. The minimum absolute atomic E-state index is 0.247. The fourth-order valence-corrected chi connectivity index (χ4v) is 1.80. The summed E-state index contributed by atoms with van der Waals surface area (Å²) in [6.07, 6.45) is -0.967. The van der Waals surface area contributed by atoms with Gasteiger partial charge in [0.2, 0.25) is 0 Å². The van der Waals surface area contributed by atoms with Gasteiger partial charge in [-0.1, -0.05) is 0 Å². The zero-order valence-electron chi connectivity index (χ0n) is 11.9. The Morgan fingerprint density at radius 3 is 2.64 bits per heavy atom.